The van der Waals surface area contributed by atoms with Gasteiger partial charge < -0.3 is 9.47 Å². The largest absolute Gasteiger partial charge is 0.491 e. The van der Waals surface area contributed by atoms with E-state index in [-0.39, 0.29) is 16.2 Å². The van der Waals surface area contributed by atoms with Crippen LogP contribution in [-0.4, -0.2) is 14.2 Å². The normalized spacial score (nSPS) is 11.5. The Morgan fingerprint density at radius 2 is 0.769 bits per heavy atom. The zero-order valence-electron chi connectivity index (χ0n) is 19.8. The van der Waals surface area contributed by atoms with Crippen molar-refractivity contribution in [2.75, 3.05) is 14.2 Å². The van der Waals surface area contributed by atoms with Gasteiger partial charge in [-0.1, -0.05) is 30.3 Å². The average Bonchev–Trinajstić information content (AvgIpc) is 2.92. The number of halogens is 9. The van der Waals surface area contributed by atoms with Gasteiger partial charge in [0, 0.05) is 11.1 Å². The molecule has 0 saturated carbocycles. The third-order valence-electron chi connectivity index (χ3n) is 6.34. The predicted octanol–water partition coefficient (Wildman–Crippen LogP) is 8.60. The molecule has 0 unspecified atom stereocenters. The van der Waals surface area contributed by atoms with Crippen molar-refractivity contribution in [2.45, 2.75) is 0 Å². The smallest absolute Gasteiger partial charge is 0.204 e. The summed E-state index contributed by atoms with van der Waals surface area (Å²) in [5, 5.41) is -1.32. The Labute approximate surface area is 213 Å². The van der Waals surface area contributed by atoms with E-state index >= 15 is 17.6 Å². The predicted molar refractivity (Wildman–Crippen MR) is 125 cm³/mol. The maximum absolute atomic E-state index is 15.3. The van der Waals surface area contributed by atoms with Gasteiger partial charge in [0.15, 0.2) is 34.8 Å². The lowest BCUT2D eigenvalue weighted by molar-refractivity contribution is 0.334. The zero-order chi connectivity index (χ0) is 28.3. The monoisotopic (exact) mass is 552 g/mol. The molecule has 0 radical (unpaired) electrons. The molecule has 0 bridgehead atoms. The van der Waals surface area contributed by atoms with E-state index in [0.717, 1.165) is 26.4 Å². The SMILES string of the molecule is COc1c(F)c(F)c(-c2c3ccccc3c(-c3c(F)c(F)c(OC)c(F)c3F)c3cc(F)ccc23)c(F)c1F. The summed E-state index contributed by atoms with van der Waals surface area (Å²) in [4.78, 5) is 0. The van der Waals surface area contributed by atoms with Crippen LogP contribution in [0.25, 0.3) is 43.8 Å². The lowest BCUT2D eigenvalue weighted by Crippen LogP contribution is -2.06. The Balaban J connectivity index is 2.07. The molecule has 0 N–H and O–H groups in total. The van der Waals surface area contributed by atoms with Crippen LogP contribution >= 0.6 is 0 Å². The Morgan fingerprint density at radius 1 is 0.410 bits per heavy atom. The number of hydrogen-bond donors (Lipinski definition) is 0. The van der Waals surface area contributed by atoms with Crippen LogP contribution in [0, 0.1) is 52.4 Å². The molecule has 0 aliphatic rings. The Bertz CT molecular complexity index is 1780. The van der Waals surface area contributed by atoms with Crippen molar-refractivity contribution >= 4 is 21.5 Å². The number of benzene rings is 5. The number of ether oxygens (including phenoxy) is 2. The third kappa shape index (κ3) is 3.67. The molecule has 0 saturated heterocycles. The number of fused-ring (bicyclic) bond motifs is 2. The Hall–Kier alpha value is -4.41. The minimum Gasteiger partial charge on any atom is -0.491 e. The lowest BCUT2D eigenvalue weighted by Gasteiger charge is -2.20. The summed E-state index contributed by atoms with van der Waals surface area (Å²) < 4.78 is 143. The van der Waals surface area contributed by atoms with Crippen molar-refractivity contribution in [1.29, 1.82) is 0 Å². The van der Waals surface area contributed by atoms with E-state index in [1.54, 1.807) is 0 Å². The maximum atomic E-state index is 15.3. The van der Waals surface area contributed by atoms with Gasteiger partial charge in [0.05, 0.1) is 25.3 Å². The fraction of sp³-hybridized carbons (Fsp3) is 0.0714. The first-order valence-electron chi connectivity index (χ1n) is 11.0. The molecular formula is C28H13F9O2. The minimum absolute atomic E-state index is 0.233. The minimum atomic E-state index is -1.90. The molecule has 0 spiro atoms. The first kappa shape index (κ1) is 26.2. The molecule has 0 aliphatic heterocycles. The summed E-state index contributed by atoms with van der Waals surface area (Å²) in [6.07, 6.45) is 0. The van der Waals surface area contributed by atoms with Crippen LogP contribution in [0.4, 0.5) is 39.5 Å². The maximum Gasteiger partial charge on any atom is 0.204 e. The molecule has 5 aromatic carbocycles. The van der Waals surface area contributed by atoms with E-state index in [4.69, 9.17) is 0 Å². The second kappa shape index (κ2) is 9.40. The first-order chi connectivity index (χ1) is 18.5. The molecule has 0 amide bonds. The summed E-state index contributed by atoms with van der Waals surface area (Å²) in [7, 11) is 1.57. The van der Waals surface area contributed by atoms with Crippen molar-refractivity contribution in [2.24, 2.45) is 0 Å². The van der Waals surface area contributed by atoms with Gasteiger partial charge in [-0.15, -0.1) is 0 Å². The van der Waals surface area contributed by atoms with Gasteiger partial charge in [-0.25, -0.2) is 22.0 Å². The van der Waals surface area contributed by atoms with Gasteiger partial charge in [0.2, 0.25) is 23.3 Å². The fourth-order valence-electron chi connectivity index (χ4n) is 4.71. The summed E-state index contributed by atoms with van der Waals surface area (Å²) in [6, 6.07) is 7.48. The summed E-state index contributed by atoms with van der Waals surface area (Å²) in [5.74, 6) is -18.7. The summed E-state index contributed by atoms with van der Waals surface area (Å²) >= 11 is 0. The van der Waals surface area contributed by atoms with Gasteiger partial charge in [0.1, 0.15) is 5.82 Å². The van der Waals surface area contributed by atoms with Gasteiger partial charge >= 0.3 is 0 Å². The number of methoxy groups -OCH3 is 2. The second-order valence-corrected chi connectivity index (χ2v) is 8.31. The van der Waals surface area contributed by atoms with Gasteiger partial charge in [-0.05, 0) is 33.7 Å². The highest BCUT2D eigenvalue weighted by Crippen LogP contribution is 2.48. The van der Waals surface area contributed by atoms with Crippen LogP contribution in [0.15, 0.2) is 42.5 Å². The molecule has 11 heteroatoms. The van der Waals surface area contributed by atoms with Crippen LogP contribution in [0.5, 0.6) is 11.5 Å². The molecule has 0 atom stereocenters. The molecule has 0 heterocycles. The molecule has 0 aromatic heterocycles. The van der Waals surface area contributed by atoms with Crippen LogP contribution in [-0.2, 0) is 0 Å². The molecule has 5 aromatic rings. The highest BCUT2D eigenvalue weighted by atomic mass is 19.2. The van der Waals surface area contributed by atoms with Crippen molar-refractivity contribution in [3.05, 3.63) is 94.8 Å². The van der Waals surface area contributed by atoms with E-state index in [0.29, 0.717) is 6.07 Å². The van der Waals surface area contributed by atoms with Crippen molar-refractivity contribution in [1.82, 2.24) is 0 Å². The fourth-order valence-corrected chi connectivity index (χ4v) is 4.71. The quantitative estimate of drug-likeness (QED) is 0.126. The van der Waals surface area contributed by atoms with E-state index in [9.17, 15) is 22.0 Å². The van der Waals surface area contributed by atoms with Crippen molar-refractivity contribution in [3.8, 4) is 33.8 Å². The van der Waals surface area contributed by atoms with E-state index < -0.39 is 91.5 Å². The first-order valence-corrected chi connectivity index (χ1v) is 11.0. The molecule has 200 valence electrons. The Kier molecular flexibility index (Phi) is 6.32. The standard InChI is InChI=1S/C28H13F9O2/c1-38-27-23(34)19(30)17(20(31)24(27)35)15-11-5-3-4-6-12(11)16(14-9-10(29)7-8-13(14)15)18-21(32)25(36)28(39-2)26(37)22(18)33/h3-9H,1-2H3. The molecule has 2 nitrogen and oxygen atoms in total. The van der Waals surface area contributed by atoms with E-state index in [1.807, 2.05) is 0 Å². The number of hydrogen-bond acceptors (Lipinski definition) is 2. The second-order valence-electron chi connectivity index (χ2n) is 8.31. The molecular weight excluding hydrogens is 539 g/mol. The van der Waals surface area contributed by atoms with Crippen LogP contribution in [0.3, 0.4) is 0 Å². The highest BCUT2D eigenvalue weighted by Gasteiger charge is 2.33. The van der Waals surface area contributed by atoms with Gasteiger partial charge in [-0.3, -0.25) is 0 Å². The summed E-state index contributed by atoms with van der Waals surface area (Å²) in [6.45, 7) is 0. The summed E-state index contributed by atoms with van der Waals surface area (Å²) in [5.41, 5.74) is -3.60. The lowest BCUT2D eigenvalue weighted by atomic mass is 9.85. The molecule has 0 aliphatic carbocycles. The zero-order valence-corrected chi connectivity index (χ0v) is 19.8. The molecule has 39 heavy (non-hydrogen) atoms. The van der Waals surface area contributed by atoms with Crippen LogP contribution < -0.4 is 9.47 Å². The molecule has 5 rings (SSSR count). The van der Waals surface area contributed by atoms with E-state index in [2.05, 4.69) is 9.47 Å². The van der Waals surface area contributed by atoms with Crippen molar-refractivity contribution in [3.63, 3.8) is 0 Å². The Morgan fingerprint density at radius 3 is 1.15 bits per heavy atom. The highest BCUT2D eigenvalue weighted by molar-refractivity contribution is 6.21. The number of rotatable bonds is 4. The topological polar surface area (TPSA) is 18.5 Å². The van der Waals surface area contributed by atoms with Crippen molar-refractivity contribution < 1.29 is 49.0 Å². The van der Waals surface area contributed by atoms with Gasteiger partial charge in [-0.2, -0.15) is 17.6 Å². The van der Waals surface area contributed by atoms with E-state index in [1.165, 1.54) is 24.3 Å². The average molecular weight is 552 g/mol. The van der Waals surface area contributed by atoms with Crippen LogP contribution in [0.1, 0.15) is 0 Å². The third-order valence-corrected chi connectivity index (χ3v) is 6.34. The molecule has 0 fully saturated rings. The van der Waals surface area contributed by atoms with Crippen LogP contribution in [0.2, 0.25) is 0 Å². The van der Waals surface area contributed by atoms with Gasteiger partial charge in [0.25, 0.3) is 0 Å².